The Hall–Kier alpha value is -1.35. The van der Waals surface area contributed by atoms with E-state index in [1.54, 1.807) is 0 Å². The summed E-state index contributed by atoms with van der Waals surface area (Å²) in [6, 6.07) is 8.32. The number of aryl methyl sites for hydroxylation is 1. The largest absolute Gasteiger partial charge is 0.327 e. The summed E-state index contributed by atoms with van der Waals surface area (Å²) in [6.45, 7) is 11.8. The maximum absolute atomic E-state index is 4.58. The van der Waals surface area contributed by atoms with E-state index < -0.39 is 0 Å². The third-order valence-electron chi connectivity index (χ3n) is 3.01. The van der Waals surface area contributed by atoms with E-state index in [0.717, 1.165) is 31.0 Å². The topological polar surface area (TPSA) is 29.9 Å². The Balaban J connectivity index is 2.01. The molecule has 0 fully saturated rings. The summed E-state index contributed by atoms with van der Waals surface area (Å²) >= 11 is 0. The summed E-state index contributed by atoms with van der Waals surface area (Å²) in [5.41, 5.74) is 2.66. The summed E-state index contributed by atoms with van der Waals surface area (Å²) in [5.74, 6) is 1.09. The Bertz CT molecular complexity index is 520. The zero-order valence-corrected chi connectivity index (χ0v) is 11.8. The molecule has 1 N–H and O–H groups in total. The van der Waals surface area contributed by atoms with Crippen molar-refractivity contribution in [3.05, 3.63) is 30.1 Å². The molecule has 2 aromatic rings. The van der Waals surface area contributed by atoms with Crippen LogP contribution in [0.15, 0.2) is 24.3 Å². The highest BCUT2D eigenvalue weighted by Crippen LogP contribution is 2.15. The van der Waals surface area contributed by atoms with Crippen LogP contribution in [0.1, 0.15) is 26.6 Å². The van der Waals surface area contributed by atoms with Gasteiger partial charge in [0.05, 0.1) is 11.0 Å². The molecular formula is C15H23N3. The number of hydrogen-bond acceptors (Lipinski definition) is 2. The molecule has 0 bridgehead atoms. The van der Waals surface area contributed by atoms with E-state index in [1.165, 1.54) is 5.52 Å². The van der Waals surface area contributed by atoms with Crippen molar-refractivity contribution < 1.29 is 0 Å². The third kappa shape index (κ3) is 3.10. The van der Waals surface area contributed by atoms with Gasteiger partial charge in [-0.3, -0.25) is 0 Å². The van der Waals surface area contributed by atoms with Crippen LogP contribution in [0.2, 0.25) is 0 Å². The summed E-state index contributed by atoms with van der Waals surface area (Å²) in [7, 11) is 0. The number of rotatable bonds is 4. The zero-order valence-electron chi connectivity index (χ0n) is 11.8. The van der Waals surface area contributed by atoms with Gasteiger partial charge >= 0.3 is 0 Å². The van der Waals surface area contributed by atoms with Crippen LogP contribution in [0.4, 0.5) is 0 Å². The Morgan fingerprint density at radius 1 is 1.22 bits per heavy atom. The second kappa shape index (κ2) is 5.11. The number of para-hydroxylation sites is 2. The fraction of sp³-hybridized carbons (Fsp3) is 0.533. The van der Waals surface area contributed by atoms with E-state index >= 15 is 0 Å². The van der Waals surface area contributed by atoms with E-state index in [4.69, 9.17) is 0 Å². The average Bonchev–Trinajstić information content (AvgIpc) is 2.59. The van der Waals surface area contributed by atoms with Crippen LogP contribution < -0.4 is 5.32 Å². The van der Waals surface area contributed by atoms with Crippen LogP contribution >= 0.6 is 0 Å². The quantitative estimate of drug-likeness (QED) is 0.839. The van der Waals surface area contributed by atoms with Crippen LogP contribution in [0.5, 0.6) is 0 Å². The van der Waals surface area contributed by atoms with Gasteiger partial charge in [0.25, 0.3) is 0 Å². The maximum atomic E-state index is 4.58. The minimum absolute atomic E-state index is 0.339. The van der Waals surface area contributed by atoms with Crippen LogP contribution in [-0.4, -0.2) is 22.6 Å². The molecule has 0 saturated heterocycles. The molecule has 0 aliphatic carbocycles. The van der Waals surface area contributed by atoms with Crippen LogP contribution in [0.25, 0.3) is 11.0 Å². The standard InChI is InChI=1S/C15H23N3/c1-12-17-13-7-5-6-8-14(13)18(12)10-9-16-11-15(2,3)4/h5-8,16H,9-11H2,1-4H3. The van der Waals surface area contributed by atoms with Gasteiger partial charge in [-0.05, 0) is 24.5 Å². The molecule has 0 saturated carbocycles. The first-order valence-corrected chi connectivity index (χ1v) is 6.60. The van der Waals surface area contributed by atoms with Crippen LogP contribution in [0, 0.1) is 12.3 Å². The predicted octanol–water partition coefficient (Wildman–Crippen LogP) is 2.98. The van der Waals surface area contributed by atoms with Crippen LogP contribution in [0.3, 0.4) is 0 Å². The molecule has 0 unspecified atom stereocenters. The molecule has 0 spiro atoms. The van der Waals surface area contributed by atoms with Gasteiger partial charge < -0.3 is 9.88 Å². The lowest BCUT2D eigenvalue weighted by atomic mass is 9.97. The van der Waals surface area contributed by atoms with Crippen molar-refractivity contribution in [2.75, 3.05) is 13.1 Å². The minimum atomic E-state index is 0.339. The van der Waals surface area contributed by atoms with Gasteiger partial charge in [0.15, 0.2) is 0 Å². The van der Waals surface area contributed by atoms with Gasteiger partial charge in [0.2, 0.25) is 0 Å². The molecule has 98 valence electrons. The lowest BCUT2D eigenvalue weighted by Crippen LogP contribution is -2.29. The van der Waals surface area contributed by atoms with Crippen molar-refractivity contribution in [2.24, 2.45) is 5.41 Å². The van der Waals surface area contributed by atoms with Gasteiger partial charge in [-0.2, -0.15) is 0 Å². The lowest BCUT2D eigenvalue weighted by Gasteiger charge is -2.19. The highest BCUT2D eigenvalue weighted by atomic mass is 15.1. The molecule has 18 heavy (non-hydrogen) atoms. The first kappa shape index (κ1) is 13.1. The second-order valence-electron chi connectivity index (χ2n) is 6.04. The minimum Gasteiger partial charge on any atom is -0.327 e. The summed E-state index contributed by atoms with van der Waals surface area (Å²) < 4.78 is 2.28. The first-order valence-electron chi connectivity index (χ1n) is 6.60. The zero-order chi connectivity index (χ0) is 13.2. The van der Waals surface area contributed by atoms with Gasteiger partial charge in [-0.15, -0.1) is 0 Å². The molecule has 2 rings (SSSR count). The van der Waals surface area contributed by atoms with Crippen molar-refractivity contribution in [2.45, 2.75) is 34.2 Å². The van der Waals surface area contributed by atoms with Gasteiger partial charge in [0.1, 0.15) is 5.82 Å². The molecule has 0 aliphatic rings. The van der Waals surface area contributed by atoms with E-state index in [-0.39, 0.29) is 0 Å². The van der Waals surface area contributed by atoms with Crippen molar-refractivity contribution in [3.8, 4) is 0 Å². The Kier molecular flexibility index (Phi) is 3.71. The van der Waals surface area contributed by atoms with Crippen LogP contribution in [-0.2, 0) is 6.54 Å². The molecule has 3 nitrogen and oxygen atoms in total. The Morgan fingerprint density at radius 3 is 2.67 bits per heavy atom. The van der Waals surface area contributed by atoms with E-state index in [0.29, 0.717) is 5.41 Å². The van der Waals surface area contributed by atoms with Gasteiger partial charge in [0, 0.05) is 19.6 Å². The highest BCUT2D eigenvalue weighted by Gasteiger charge is 2.09. The summed E-state index contributed by atoms with van der Waals surface area (Å²) in [6.07, 6.45) is 0. The van der Waals surface area contributed by atoms with Crippen molar-refractivity contribution in [1.82, 2.24) is 14.9 Å². The maximum Gasteiger partial charge on any atom is 0.106 e. The third-order valence-corrected chi connectivity index (χ3v) is 3.01. The molecule has 0 aliphatic heterocycles. The second-order valence-corrected chi connectivity index (χ2v) is 6.04. The molecule has 3 heteroatoms. The van der Waals surface area contributed by atoms with E-state index in [2.05, 4.69) is 60.8 Å². The fourth-order valence-electron chi connectivity index (χ4n) is 2.13. The normalized spacial score (nSPS) is 12.2. The Labute approximate surface area is 109 Å². The first-order chi connectivity index (χ1) is 8.47. The number of hydrogen-bond donors (Lipinski definition) is 1. The Morgan fingerprint density at radius 2 is 1.94 bits per heavy atom. The molecule has 0 amide bonds. The number of benzene rings is 1. The number of nitrogens with one attached hydrogen (secondary N) is 1. The summed E-state index contributed by atoms with van der Waals surface area (Å²) in [5, 5.41) is 3.51. The average molecular weight is 245 g/mol. The molecular weight excluding hydrogens is 222 g/mol. The van der Waals surface area contributed by atoms with Crippen molar-refractivity contribution in [3.63, 3.8) is 0 Å². The smallest absolute Gasteiger partial charge is 0.106 e. The SMILES string of the molecule is Cc1nc2ccccc2n1CCNCC(C)(C)C. The lowest BCUT2D eigenvalue weighted by molar-refractivity contribution is 0.376. The van der Waals surface area contributed by atoms with Crippen molar-refractivity contribution in [1.29, 1.82) is 0 Å². The van der Waals surface area contributed by atoms with E-state index in [1.807, 2.05) is 6.07 Å². The molecule has 0 radical (unpaired) electrons. The molecule has 1 heterocycles. The number of aromatic nitrogens is 2. The van der Waals surface area contributed by atoms with Gasteiger partial charge in [-0.25, -0.2) is 4.98 Å². The van der Waals surface area contributed by atoms with Crippen molar-refractivity contribution >= 4 is 11.0 Å². The molecule has 1 aromatic heterocycles. The molecule has 0 atom stereocenters. The van der Waals surface area contributed by atoms with Gasteiger partial charge in [-0.1, -0.05) is 32.9 Å². The van der Waals surface area contributed by atoms with E-state index in [9.17, 15) is 0 Å². The number of imidazole rings is 1. The molecule has 1 aromatic carbocycles. The number of fused-ring (bicyclic) bond motifs is 1. The number of nitrogens with zero attached hydrogens (tertiary/aromatic N) is 2. The fourth-order valence-corrected chi connectivity index (χ4v) is 2.13. The highest BCUT2D eigenvalue weighted by molar-refractivity contribution is 5.75. The predicted molar refractivity (Wildman–Crippen MR) is 76.8 cm³/mol. The summed E-state index contributed by atoms with van der Waals surface area (Å²) in [4.78, 5) is 4.58. The monoisotopic (exact) mass is 245 g/mol.